The molecule has 0 bridgehead atoms. The Bertz CT molecular complexity index is 368. The number of pyridine rings is 1. The quantitative estimate of drug-likeness (QED) is 0.723. The molecule has 1 rings (SSSR count). The standard InChI is InChI=1S/C17H31N3/c1-7-20(8-2)12-11-19(6)17-10-9-16(13-18-17)15(5)14(3)4/h9-10,13-15H,7-8,11-12H2,1-6H3/t15-/m0/s1. The fourth-order valence-electron chi connectivity index (χ4n) is 2.22. The molecule has 1 heterocycles. The summed E-state index contributed by atoms with van der Waals surface area (Å²) in [5.74, 6) is 2.29. The Morgan fingerprint density at radius 3 is 2.15 bits per heavy atom. The van der Waals surface area contributed by atoms with Crippen LogP contribution in [0.5, 0.6) is 0 Å². The lowest BCUT2D eigenvalue weighted by atomic mass is 9.91. The molecule has 0 aliphatic carbocycles. The van der Waals surface area contributed by atoms with Gasteiger partial charge in [-0.25, -0.2) is 4.98 Å². The summed E-state index contributed by atoms with van der Waals surface area (Å²) < 4.78 is 0. The van der Waals surface area contributed by atoms with Gasteiger partial charge in [-0.2, -0.15) is 0 Å². The van der Waals surface area contributed by atoms with Crippen molar-refractivity contribution in [3.05, 3.63) is 23.9 Å². The third-order valence-electron chi connectivity index (χ3n) is 4.33. The van der Waals surface area contributed by atoms with E-state index in [-0.39, 0.29) is 0 Å². The second-order valence-electron chi connectivity index (χ2n) is 5.93. The van der Waals surface area contributed by atoms with Crippen LogP contribution in [-0.4, -0.2) is 43.1 Å². The van der Waals surface area contributed by atoms with Crippen LogP contribution >= 0.6 is 0 Å². The second-order valence-corrected chi connectivity index (χ2v) is 5.93. The molecule has 0 saturated carbocycles. The third-order valence-corrected chi connectivity index (χ3v) is 4.33. The van der Waals surface area contributed by atoms with Gasteiger partial charge in [0.1, 0.15) is 5.82 Å². The van der Waals surface area contributed by atoms with E-state index in [9.17, 15) is 0 Å². The van der Waals surface area contributed by atoms with Gasteiger partial charge < -0.3 is 9.80 Å². The highest BCUT2D eigenvalue weighted by atomic mass is 15.2. The van der Waals surface area contributed by atoms with Gasteiger partial charge in [0, 0.05) is 26.3 Å². The average molecular weight is 277 g/mol. The molecule has 0 saturated heterocycles. The molecule has 1 aromatic rings. The highest BCUT2D eigenvalue weighted by molar-refractivity contribution is 5.38. The van der Waals surface area contributed by atoms with Gasteiger partial charge in [0.25, 0.3) is 0 Å². The third kappa shape index (κ3) is 4.78. The molecule has 3 heteroatoms. The fourth-order valence-corrected chi connectivity index (χ4v) is 2.22. The summed E-state index contributed by atoms with van der Waals surface area (Å²) in [6.07, 6.45) is 2.04. The Balaban J connectivity index is 2.59. The van der Waals surface area contributed by atoms with Crippen molar-refractivity contribution in [3.8, 4) is 0 Å². The number of hydrogen-bond donors (Lipinski definition) is 0. The van der Waals surface area contributed by atoms with Gasteiger partial charge in [-0.15, -0.1) is 0 Å². The van der Waals surface area contributed by atoms with Crippen LogP contribution in [0.4, 0.5) is 5.82 Å². The molecule has 0 radical (unpaired) electrons. The minimum absolute atomic E-state index is 0.567. The zero-order valence-electron chi connectivity index (χ0n) is 14.1. The number of hydrogen-bond acceptors (Lipinski definition) is 3. The fraction of sp³-hybridized carbons (Fsp3) is 0.706. The van der Waals surface area contributed by atoms with Crippen molar-refractivity contribution < 1.29 is 0 Å². The van der Waals surface area contributed by atoms with Crippen LogP contribution in [0, 0.1) is 5.92 Å². The van der Waals surface area contributed by atoms with Crippen LogP contribution < -0.4 is 4.90 Å². The van der Waals surface area contributed by atoms with Gasteiger partial charge in [-0.3, -0.25) is 0 Å². The summed E-state index contributed by atoms with van der Waals surface area (Å²) in [6, 6.07) is 4.37. The molecule has 0 aromatic carbocycles. The lowest BCUT2D eigenvalue weighted by Crippen LogP contribution is -2.33. The second kappa shape index (κ2) is 8.25. The van der Waals surface area contributed by atoms with Crippen LogP contribution in [-0.2, 0) is 0 Å². The van der Waals surface area contributed by atoms with Crippen molar-refractivity contribution in [2.45, 2.75) is 40.5 Å². The van der Waals surface area contributed by atoms with Crippen molar-refractivity contribution in [1.29, 1.82) is 0 Å². The maximum absolute atomic E-state index is 4.62. The predicted octanol–water partition coefficient (Wildman–Crippen LogP) is 3.62. The Hall–Kier alpha value is -1.09. The van der Waals surface area contributed by atoms with Crippen LogP contribution in [0.2, 0.25) is 0 Å². The topological polar surface area (TPSA) is 19.4 Å². The summed E-state index contributed by atoms with van der Waals surface area (Å²) in [5, 5.41) is 0. The molecule has 1 aromatic heterocycles. The first-order valence-corrected chi connectivity index (χ1v) is 7.89. The number of anilines is 1. The maximum Gasteiger partial charge on any atom is 0.128 e. The molecule has 20 heavy (non-hydrogen) atoms. The number of aromatic nitrogens is 1. The van der Waals surface area contributed by atoms with E-state index in [1.807, 2.05) is 6.20 Å². The van der Waals surface area contributed by atoms with E-state index >= 15 is 0 Å². The van der Waals surface area contributed by atoms with Crippen LogP contribution in [0.15, 0.2) is 18.3 Å². The molecule has 0 aliphatic heterocycles. The largest absolute Gasteiger partial charge is 0.358 e. The van der Waals surface area contributed by atoms with E-state index in [4.69, 9.17) is 0 Å². The van der Waals surface area contributed by atoms with Crippen molar-refractivity contribution in [2.24, 2.45) is 5.92 Å². The SMILES string of the molecule is CCN(CC)CCN(C)c1ccc([C@@H](C)C(C)C)cn1. The highest BCUT2D eigenvalue weighted by Crippen LogP contribution is 2.23. The molecule has 0 aliphatic rings. The molecule has 1 atom stereocenters. The van der Waals surface area contributed by atoms with Crippen molar-refractivity contribution in [1.82, 2.24) is 9.88 Å². The van der Waals surface area contributed by atoms with Crippen molar-refractivity contribution in [2.75, 3.05) is 38.1 Å². The van der Waals surface area contributed by atoms with E-state index in [0.29, 0.717) is 11.8 Å². The first-order valence-electron chi connectivity index (χ1n) is 7.89. The minimum Gasteiger partial charge on any atom is -0.358 e. The van der Waals surface area contributed by atoms with Crippen LogP contribution in [0.1, 0.15) is 46.1 Å². The molecular weight excluding hydrogens is 246 g/mol. The van der Waals surface area contributed by atoms with E-state index in [1.165, 1.54) is 5.56 Å². The number of nitrogens with zero attached hydrogens (tertiary/aromatic N) is 3. The van der Waals surface area contributed by atoms with E-state index < -0.39 is 0 Å². The van der Waals surface area contributed by atoms with Crippen LogP contribution in [0.3, 0.4) is 0 Å². The molecular formula is C17H31N3. The van der Waals surface area contributed by atoms with Gasteiger partial charge in [0.15, 0.2) is 0 Å². The Morgan fingerprint density at radius 2 is 1.70 bits per heavy atom. The summed E-state index contributed by atoms with van der Waals surface area (Å²) in [6.45, 7) is 15.6. The summed E-state index contributed by atoms with van der Waals surface area (Å²) >= 11 is 0. The highest BCUT2D eigenvalue weighted by Gasteiger charge is 2.11. The van der Waals surface area contributed by atoms with Gasteiger partial charge >= 0.3 is 0 Å². The first-order chi connectivity index (χ1) is 9.49. The van der Waals surface area contributed by atoms with Gasteiger partial charge in [0.2, 0.25) is 0 Å². The first kappa shape index (κ1) is 17.0. The number of rotatable bonds is 8. The average Bonchev–Trinajstić information content (AvgIpc) is 2.47. The zero-order chi connectivity index (χ0) is 15.1. The Labute approximate surface area is 125 Å². The molecule has 0 amide bonds. The maximum atomic E-state index is 4.62. The van der Waals surface area contributed by atoms with Crippen molar-refractivity contribution in [3.63, 3.8) is 0 Å². The monoisotopic (exact) mass is 277 g/mol. The normalized spacial score (nSPS) is 13.0. The molecule has 0 N–H and O–H groups in total. The van der Waals surface area contributed by atoms with E-state index in [1.54, 1.807) is 0 Å². The molecule has 3 nitrogen and oxygen atoms in total. The summed E-state index contributed by atoms with van der Waals surface area (Å²) in [4.78, 5) is 9.29. The summed E-state index contributed by atoms with van der Waals surface area (Å²) in [7, 11) is 2.12. The zero-order valence-corrected chi connectivity index (χ0v) is 14.1. The summed E-state index contributed by atoms with van der Waals surface area (Å²) in [5.41, 5.74) is 1.33. The number of likely N-dealkylation sites (N-methyl/N-ethyl adjacent to an activating group) is 2. The van der Waals surface area contributed by atoms with Gasteiger partial charge in [0.05, 0.1) is 0 Å². The molecule has 0 spiro atoms. The molecule has 114 valence electrons. The lowest BCUT2D eigenvalue weighted by Gasteiger charge is -2.24. The lowest BCUT2D eigenvalue weighted by molar-refractivity contribution is 0.311. The smallest absolute Gasteiger partial charge is 0.128 e. The van der Waals surface area contributed by atoms with Gasteiger partial charge in [-0.1, -0.05) is 40.7 Å². The van der Waals surface area contributed by atoms with E-state index in [0.717, 1.165) is 32.0 Å². The van der Waals surface area contributed by atoms with E-state index in [2.05, 4.69) is 68.6 Å². The molecule has 0 fully saturated rings. The Kier molecular flexibility index (Phi) is 7.00. The van der Waals surface area contributed by atoms with Crippen molar-refractivity contribution >= 4 is 5.82 Å². The molecule has 0 unspecified atom stereocenters. The van der Waals surface area contributed by atoms with Crippen LogP contribution in [0.25, 0.3) is 0 Å². The Morgan fingerprint density at radius 1 is 1.05 bits per heavy atom. The predicted molar refractivity (Wildman–Crippen MR) is 88.5 cm³/mol. The minimum atomic E-state index is 0.567. The van der Waals surface area contributed by atoms with Gasteiger partial charge in [-0.05, 0) is 36.6 Å².